The van der Waals surface area contributed by atoms with Crippen molar-refractivity contribution >= 4 is 26.0 Å². The molecule has 2 unspecified atom stereocenters. The number of methoxy groups -OCH3 is 2. The van der Waals surface area contributed by atoms with Crippen LogP contribution in [0.5, 0.6) is 23.0 Å². The van der Waals surface area contributed by atoms with Crippen molar-refractivity contribution in [2.24, 2.45) is 0 Å². The summed E-state index contributed by atoms with van der Waals surface area (Å²) in [6, 6.07) is 8.73. The maximum Gasteiger partial charge on any atom is 0.272 e. The number of unbranched alkanes of at least 4 members (excludes halogenated alkanes) is 22. The number of carbonyl (C=O) groups excluding carboxylic acids is 1. The van der Waals surface area contributed by atoms with Gasteiger partial charge < -0.3 is 31.2 Å². The Balaban J connectivity index is 0.0000186. The van der Waals surface area contributed by atoms with Crippen molar-refractivity contribution in [2.45, 2.75) is 191 Å². The van der Waals surface area contributed by atoms with Gasteiger partial charge >= 0.3 is 0 Å². The molecule has 8 N–H and O–H groups in total. The van der Waals surface area contributed by atoms with Crippen LogP contribution in [-0.4, -0.2) is 59.2 Å². The Hall–Kier alpha value is -2.95. The van der Waals surface area contributed by atoms with Gasteiger partial charge in [-0.25, -0.2) is 0 Å². The zero-order chi connectivity index (χ0) is 44.1. The summed E-state index contributed by atoms with van der Waals surface area (Å²) in [6.07, 6.45) is 27.8. The summed E-state index contributed by atoms with van der Waals surface area (Å²) < 4.78 is 93.6. The molecule has 0 bridgehead atoms. The Bertz CT molecular complexity index is 1570. The number of Topliss-reactive ketones (excluding diaryl/α,β-unsaturated/α-hetero) is 1. The standard InChI is InChI=1S/C47H78O11S2.2H3N/c1-5-7-9-11-13-15-17-19-21-23-25-27-33-57-42-31-29-39(35-44(42)55-3)46(59(49,50)51)37-41(48)38-47(60(52,53)54)40-30-32-43(45(36-40)56-4)58-34-28-26-24-22-20-18-16-14-12-10-8-6-2;;/h29-32,35-36,46-47H,5-28,33-34,37-38H2,1-4H3,(H,49,50,51)(H,52,53,54);2*1H3. The van der Waals surface area contributed by atoms with Gasteiger partial charge in [0.1, 0.15) is 16.3 Å². The fraction of sp³-hybridized carbons (Fsp3) is 0.723. The van der Waals surface area contributed by atoms with E-state index in [9.17, 15) is 30.7 Å². The average molecular weight is 917 g/mol. The smallest absolute Gasteiger partial charge is 0.272 e. The lowest BCUT2D eigenvalue weighted by Crippen LogP contribution is -2.21. The molecule has 0 heterocycles. The quantitative estimate of drug-likeness (QED) is 0.0363. The third kappa shape index (κ3) is 24.8. The number of carbonyl (C=O) groups is 1. The molecule has 0 aliphatic carbocycles. The molecule has 0 amide bonds. The van der Waals surface area contributed by atoms with E-state index < -0.39 is 49.4 Å². The van der Waals surface area contributed by atoms with E-state index in [0.29, 0.717) is 24.7 Å². The second-order valence-electron chi connectivity index (χ2n) is 16.2. The molecule has 0 aromatic heterocycles. The number of hydrogen-bond acceptors (Lipinski definition) is 11. The molecule has 62 heavy (non-hydrogen) atoms. The lowest BCUT2D eigenvalue weighted by atomic mass is 10.0. The summed E-state index contributed by atoms with van der Waals surface area (Å²) >= 11 is 0. The van der Waals surface area contributed by atoms with E-state index in [2.05, 4.69) is 13.8 Å². The Morgan fingerprint density at radius 2 is 0.742 bits per heavy atom. The molecule has 0 saturated carbocycles. The van der Waals surface area contributed by atoms with Gasteiger partial charge in [0.25, 0.3) is 20.2 Å². The van der Waals surface area contributed by atoms with Crippen LogP contribution < -0.4 is 31.2 Å². The molecule has 2 aromatic rings. The van der Waals surface area contributed by atoms with Gasteiger partial charge in [0.05, 0.1) is 27.4 Å². The first-order valence-electron chi connectivity index (χ1n) is 22.9. The summed E-state index contributed by atoms with van der Waals surface area (Å²) in [5.74, 6) is 0.448. The van der Waals surface area contributed by atoms with Crippen molar-refractivity contribution < 1.29 is 49.7 Å². The van der Waals surface area contributed by atoms with E-state index in [4.69, 9.17) is 18.9 Å². The molecule has 0 aliphatic heterocycles. The van der Waals surface area contributed by atoms with E-state index in [1.807, 2.05) is 0 Å². The molecule has 2 aromatic carbocycles. The highest BCUT2D eigenvalue weighted by Gasteiger charge is 2.34. The van der Waals surface area contributed by atoms with Crippen LogP contribution in [0.1, 0.15) is 202 Å². The van der Waals surface area contributed by atoms with Crippen LogP contribution in [0.3, 0.4) is 0 Å². The van der Waals surface area contributed by atoms with Crippen LogP contribution in [0.2, 0.25) is 0 Å². The van der Waals surface area contributed by atoms with Gasteiger partial charge in [0, 0.05) is 12.8 Å². The first-order valence-corrected chi connectivity index (χ1v) is 25.9. The normalized spacial score (nSPS) is 12.5. The predicted octanol–water partition coefficient (Wildman–Crippen LogP) is 13.1. The average Bonchev–Trinajstić information content (AvgIpc) is 3.21. The maximum atomic E-state index is 13.4. The van der Waals surface area contributed by atoms with Crippen molar-refractivity contribution in [1.29, 1.82) is 0 Å². The van der Waals surface area contributed by atoms with E-state index in [1.165, 1.54) is 166 Å². The Labute approximate surface area is 375 Å². The number of hydrogen-bond donors (Lipinski definition) is 4. The summed E-state index contributed by atoms with van der Waals surface area (Å²) in [5, 5.41) is -3.42. The minimum atomic E-state index is -4.83. The van der Waals surface area contributed by atoms with Crippen LogP contribution in [0.4, 0.5) is 0 Å². The Morgan fingerprint density at radius 1 is 0.468 bits per heavy atom. The molecular weight excluding hydrogens is 833 g/mol. The zero-order valence-corrected chi connectivity index (χ0v) is 40.4. The summed E-state index contributed by atoms with van der Waals surface area (Å²) in [4.78, 5) is 13.4. The van der Waals surface area contributed by atoms with Gasteiger partial charge in [0.15, 0.2) is 23.0 Å². The third-order valence-corrected chi connectivity index (χ3v) is 13.5. The fourth-order valence-electron chi connectivity index (χ4n) is 7.54. The molecule has 15 heteroatoms. The topological polar surface area (TPSA) is 233 Å². The molecule has 0 saturated heterocycles. The maximum absolute atomic E-state index is 13.4. The monoisotopic (exact) mass is 917 g/mol. The van der Waals surface area contributed by atoms with Crippen molar-refractivity contribution in [1.82, 2.24) is 12.3 Å². The lowest BCUT2D eigenvalue weighted by molar-refractivity contribution is -0.119. The van der Waals surface area contributed by atoms with Gasteiger partial charge in [-0.05, 0) is 48.2 Å². The van der Waals surface area contributed by atoms with Crippen molar-refractivity contribution in [2.75, 3.05) is 27.4 Å². The second kappa shape index (κ2) is 34.5. The van der Waals surface area contributed by atoms with Gasteiger partial charge in [0.2, 0.25) is 0 Å². The zero-order valence-electron chi connectivity index (χ0n) is 38.7. The van der Waals surface area contributed by atoms with E-state index in [0.717, 1.165) is 38.5 Å². The van der Waals surface area contributed by atoms with Crippen LogP contribution in [0, 0.1) is 0 Å². The molecule has 0 aliphatic rings. The Morgan fingerprint density at radius 3 is 1.00 bits per heavy atom. The third-order valence-electron chi connectivity index (χ3n) is 11.2. The molecule has 2 atom stereocenters. The van der Waals surface area contributed by atoms with E-state index in [1.54, 1.807) is 0 Å². The van der Waals surface area contributed by atoms with Gasteiger partial charge in [-0.3, -0.25) is 13.9 Å². The lowest BCUT2D eigenvalue weighted by Gasteiger charge is -2.19. The molecular formula is C47H84N2O11S2. The molecule has 13 nitrogen and oxygen atoms in total. The molecule has 0 spiro atoms. The molecule has 0 radical (unpaired) electrons. The van der Waals surface area contributed by atoms with Crippen molar-refractivity contribution in [3.05, 3.63) is 47.5 Å². The molecule has 2 rings (SSSR count). The second-order valence-corrected chi connectivity index (χ2v) is 19.4. The Kier molecular flexibility index (Phi) is 32.8. The van der Waals surface area contributed by atoms with Crippen LogP contribution >= 0.6 is 0 Å². The van der Waals surface area contributed by atoms with Gasteiger partial charge in [-0.2, -0.15) is 16.8 Å². The highest BCUT2D eigenvalue weighted by molar-refractivity contribution is 7.86. The van der Waals surface area contributed by atoms with Crippen LogP contribution in [0.25, 0.3) is 0 Å². The first-order chi connectivity index (χ1) is 28.8. The number of ketones is 1. The first kappa shape index (κ1) is 59.0. The van der Waals surface area contributed by atoms with Crippen LogP contribution in [-0.2, 0) is 25.0 Å². The van der Waals surface area contributed by atoms with Crippen molar-refractivity contribution in [3.8, 4) is 23.0 Å². The van der Waals surface area contributed by atoms with Crippen molar-refractivity contribution in [3.63, 3.8) is 0 Å². The SMILES string of the molecule is CCCCCCCCCCCCCCOc1ccc(C(CC(=O)CC(c2ccc(OCCCCCCCCCCCCCC)c(OC)c2)S(=O)(=O)O)S(=O)(=O)O)cc1OC.N.N. The van der Waals surface area contributed by atoms with E-state index >= 15 is 0 Å². The number of ether oxygens (including phenoxy) is 4. The molecule has 360 valence electrons. The largest absolute Gasteiger partial charge is 0.493 e. The summed E-state index contributed by atoms with van der Waals surface area (Å²) in [7, 11) is -6.86. The van der Waals surface area contributed by atoms with Gasteiger partial charge in [-0.1, -0.05) is 167 Å². The fourth-order valence-corrected chi connectivity index (χ4v) is 9.32. The minimum absolute atomic E-state index is 0. The molecule has 0 fully saturated rings. The highest BCUT2D eigenvalue weighted by atomic mass is 32.2. The summed E-state index contributed by atoms with van der Waals surface area (Å²) in [5.41, 5.74) is 0.139. The predicted molar refractivity (Wildman–Crippen MR) is 252 cm³/mol. The minimum Gasteiger partial charge on any atom is -0.493 e. The number of benzene rings is 2. The van der Waals surface area contributed by atoms with E-state index in [-0.39, 0.29) is 34.9 Å². The summed E-state index contributed by atoms with van der Waals surface area (Å²) in [6.45, 7) is 5.36. The van der Waals surface area contributed by atoms with Crippen LogP contribution in [0.15, 0.2) is 36.4 Å². The highest BCUT2D eigenvalue weighted by Crippen LogP contribution is 2.38. The van der Waals surface area contributed by atoms with Gasteiger partial charge in [-0.15, -0.1) is 0 Å². The number of rotatable bonds is 38.